The lowest BCUT2D eigenvalue weighted by atomic mass is 10.0. The summed E-state index contributed by atoms with van der Waals surface area (Å²) < 4.78 is 25.7. The van der Waals surface area contributed by atoms with Crippen LogP contribution in [0.4, 0.5) is 4.39 Å². The van der Waals surface area contributed by atoms with Gasteiger partial charge in [0.1, 0.15) is 7.14 Å². The molecule has 1 aromatic carbocycles. The van der Waals surface area contributed by atoms with E-state index in [2.05, 4.69) is 18.8 Å². The predicted octanol–water partition coefficient (Wildman–Crippen LogP) is 3.75. The molecule has 0 spiro atoms. The zero-order valence-corrected chi connectivity index (χ0v) is 12.0. The summed E-state index contributed by atoms with van der Waals surface area (Å²) in [4.78, 5) is 3.86. The topological polar surface area (TPSA) is 30.0 Å². The first-order valence-corrected chi connectivity index (χ1v) is 8.55. The molecule has 1 aromatic heterocycles. The Morgan fingerprint density at radius 2 is 1.83 bits per heavy atom. The van der Waals surface area contributed by atoms with Crippen molar-refractivity contribution < 1.29 is 8.96 Å². The van der Waals surface area contributed by atoms with E-state index in [0.29, 0.717) is 5.52 Å². The van der Waals surface area contributed by atoms with E-state index in [1.165, 1.54) is 6.07 Å². The quantitative estimate of drug-likeness (QED) is 0.611. The molecule has 0 bridgehead atoms. The van der Waals surface area contributed by atoms with Crippen LogP contribution in [0.15, 0.2) is 24.3 Å². The minimum Gasteiger partial charge on any atom is -0.319 e. The number of halogens is 1. The van der Waals surface area contributed by atoms with Gasteiger partial charge in [0.05, 0.1) is 5.52 Å². The highest BCUT2D eigenvalue weighted by molar-refractivity contribution is 7.70. The molecule has 96 valence electrons. The molecule has 1 heterocycles. The molecular weight excluding hydrogens is 248 g/mol. The van der Waals surface area contributed by atoms with Crippen molar-refractivity contribution in [2.24, 2.45) is 0 Å². The third-order valence-electron chi connectivity index (χ3n) is 3.00. The van der Waals surface area contributed by atoms with E-state index in [1.54, 1.807) is 25.5 Å². The van der Waals surface area contributed by atoms with E-state index in [4.69, 9.17) is 0 Å². The Hall–Kier alpha value is -1.21. The number of benzene rings is 1. The van der Waals surface area contributed by atoms with Crippen LogP contribution in [0.3, 0.4) is 0 Å². The van der Waals surface area contributed by atoms with Crippen LogP contribution in [-0.2, 0) is 4.57 Å². The van der Waals surface area contributed by atoms with Crippen molar-refractivity contribution in [3.8, 4) is 0 Å². The lowest BCUT2D eigenvalue weighted by Crippen LogP contribution is -2.13. The van der Waals surface area contributed by atoms with Crippen molar-refractivity contribution >= 4 is 23.3 Å². The minimum absolute atomic E-state index is 0.280. The molecule has 0 unspecified atom stereocenters. The second-order valence-corrected chi connectivity index (χ2v) is 8.36. The molecule has 0 aliphatic rings. The van der Waals surface area contributed by atoms with Crippen LogP contribution >= 0.6 is 7.14 Å². The van der Waals surface area contributed by atoms with E-state index in [0.717, 1.165) is 16.3 Å². The first-order chi connectivity index (χ1) is 8.30. The van der Waals surface area contributed by atoms with E-state index in [9.17, 15) is 8.96 Å². The van der Waals surface area contributed by atoms with E-state index < -0.39 is 13.1 Å². The number of aromatic nitrogens is 1. The first-order valence-electron chi connectivity index (χ1n) is 5.95. The second-order valence-electron chi connectivity index (χ2n) is 5.21. The Morgan fingerprint density at radius 3 is 2.39 bits per heavy atom. The molecule has 4 heteroatoms. The molecule has 2 aromatic rings. The lowest BCUT2D eigenvalue weighted by Gasteiger charge is -2.18. The van der Waals surface area contributed by atoms with Crippen LogP contribution in [0.5, 0.6) is 0 Å². The van der Waals surface area contributed by atoms with Gasteiger partial charge in [-0.25, -0.2) is 4.98 Å². The molecular formula is C14H17FNOP. The van der Waals surface area contributed by atoms with Gasteiger partial charge in [0.25, 0.3) is 0 Å². The summed E-state index contributed by atoms with van der Waals surface area (Å²) in [6.45, 7) is 7.63. The summed E-state index contributed by atoms with van der Waals surface area (Å²) in [7, 11) is -2.43. The van der Waals surface area contributed by atoms with Gasteiger partial charge in [-0.2, -0.15) is 4.39 Å². The zero-order chi connectivity index (χ0) is 13.5. The maximum atomic E-state index is 13.1. The maximum Gasteiger partial charge on any atom is 0.213 e. The van der Waals surface area contributed by atoms with Crippen LogP contribution in [0.1, 0.15) is 25.3 Å². The Morgan fingerprint density at radius 1 is 1.17 bits per heavy atom. The van der Waals surface area contributed by atoms with Crippen molar-refractivity contribution in [1.82, 2.24) is 4.98 Å². The van der Waals surface area contributed by atoms with Gasteiger partial charge < -0.3 is 4.57 Å². The monoisotopic (exact) mass is 265 g/mol. The van der Waals surface area contributed by atoms with Gasteiger partial charge in [0.15, 0.2) is 0 Å². The highest BCUT2D eigenvalue weighted by atomic mass is 31.2. The molecule has 0 N–H and O–H groups in total. The average molecular weight is 265 g/mol. The molecule has 0 fully saturated rings. The van der Waals surface area contributed by atoms with Crippen molar-refractivity contribution in [2.45, 2.75) is 19.8 Å². The molecule has 0 aliphatic heterocycles. The standard InChI is InChI=1S/C14H17FNOP/c1-9(2)10-5-7-12-11(6-8-13(15)16-12)14(10)18(3,4)17/h5-9H,1-4H3. The minimum atomic E-state index is -2.43. The normalized spacial score (nSPS) is 12.3. The Balaban J connectivity index is 2.90. The molecule has 18 heavy (non-hydrogen) atoms. The molecule has 0 saturated carbocycles. The number of nitrogens with zero attached hydrogens (tertiary/aromatic N) is 1. The summed E-state index contributed by atoms with van der Waals surface area (Å²) >= 11 is 0. The Kier molecular flexibility index (Phi) is 3.29. The highest BCUT2D eigenvalue weighted by Gasteiger charge is 2.21. The number of rotatable bonds is 2. The van der Waals surface area contributed by atoms with Gasteiger partial charge in [0, 0.05) is 10.7 Å². The zero-order valence-electron chi connectivity index (χ0n) is 11.1. The van der Waals surface area contributed by atoms with Crippen molar-refractivity contribution in [3.63, 3.8) is 0 Å². The fourth-order valence-corrected chi connectivity index (χ4v) is 3.97. The molecule has 0 aliphatic carbocycles. The van der Waals surface area contributed by atoms with Crippen LogP contribution in [-0.4, -0.2) is 18.3 Å². The van der Waals surface area contributed by atoms with Gasteiger partial charge in [-0.3, -0.25) is 0 Å². The fraction of sp³-hybridized carbons (Fsp3) is 0.357. The van der Waals surface area contributed by atoms with Crippen molar-refractivity contribution in [2.75, 3.05) is 13.3 Å². The number of pyridine rings is 1. The summed E-state index contributed by atoms with van der Waals surface area (Å²) in [5, 5.41) is 1.64. The maximum absolute atomic E-state index is 13.1. The molecule has 0 saturated heterocycles. The SMILES string of the molecule is CC(C)c1ccc2nc(F)ccc2c1P(C)(C)=O. The smallest absolute Gasteiger partial charge is 0.213 e. The largest absolute Gasteiger partial charge is 0.319 e. The van der Waals surface area contributed by atoms with Crippen LogP contribution in [0.25, 0.3) is 10.9 Å². The van der Waals surface area contributed by atoms with Gasteiger partial charge in [-0.15, -0.1) is 0 Å². The Labute approximate surface area is 107 Å². The number of hydrogen-bond donors (Lipinski definition) is 0. The molecule has 2 nitrogen and oxygen atoms in total. The molecule has 0 radical (unpaired) electrons. The van der Waals surface area contributed by atoms with Gasteiger partial charge in [-0.05, 0) is 43.0 Å². The molecule has 0 atom stereocenters. The number of fused-ring (bicyclic) bond motifs is 1. The third-order valence-corrected chi connectivity index (χ3v) is 4.58. The summed E-state index contributed by atoms with van der Waals surface area (Å²) in [6.07, 6.45) is 0. The Bertz CT molecular complexity index is 646. The summed E-state index contributed by atoms with van der Waals surface area (Å²) in [5.74, 6) is -0.226. The van der Waals surface area contributed by atoms with Crippen molar-refractivity contribution in [3.05, 3.63) is 35.8 Å². The molecule has 0 amide bonds. The van der Waals surface area contributed by atoms with E-state index >= 15 is 0 Å². The highest BCUT2D eigenvalue weighted by Crippen LogP contribution is 2.40. The van der Waals surface area contributed by atoms with Crippen molar-refractivity contribution in [1.29, 1.82) is 0 Å². The van der Waals surface area contributed by atoms with Crippen LogP contribution in [0, 0.1) is 5.95 Å². The average Bonchev–Trinajstić information content (AvgIpc) is 2.25. The molecule has 2 rings (SSSR count). The van der Waals surface area contributed by atoms with E-state index in [-0.39, 0.29) is 5.92 Å². The summed E-state index contributed by atoms with van der Waals surface area (Å²) in [6, 6.07) is 6.71. The van der Waals surface area contributed by atoms with Gasteiger partial charge >= 0.3 is 0 Å². The number of hydrogen-bond acceptors (Lipinski definition) is 2. The third kappa shape index (κ3) is 2.32. The van der Waals surface area contributed by atoms with Crippen LogP contribution in [0.2, 0.25) is 0 Å². The van der Waals surface area contributed by atoms with Crippen LogP contribution < -0.4 is 5.30 Å². The second kappa shape index (κ2) is 4.47. The fourth-order valence-electron chi connectivity index (χ4n) is 2.25. The summed E-state index contributed by atoms with van der Waals surface area (Å²) in [5.41, 5.74) is 1.63. The first kappa shape index (κ1) is 13.2. The van der Waals surface area contributed by atoms with E-state index in [1.807, 2.05) is 6.07 Å². The van der Waals surface area contributed by atoms with Gasteiger partial charge in [0.2, 0.25) is 5.95 Å². The van der Waals surface area contributed by atoms with Gasteiger partial charge in [-0.1, -0.05) is 19.9 Å². The predicted molar refractivity (Wildman–Crippen MR) is 74.9 cm³/mol. The lowest BCUT2D eigenvalue weighted by molar-refractivity contribution is 0.586.